The van der Waals surface area contributed by atoms with Gasteiger partial charge in [0.05, 0.1) is 39.5 Å². The van der Waals surface area contributed by atoms with Gasteiger partial charge in [0.2, 0.25) is 0 Å². The molecule has 1 N–H and O–H groups in total. The zero-order chi connectivity index (χ0) is 20.5. The van der Waals surface area contributed by atoms with Crippen molar-refractivity contribution in [3.63, 3.8) is 0 Å². The van der Waals surface area contributed by atoms with E-state index in [0.717, 1.165) is 11.1 Å². The van der Waals surface area contributed by atoms with Crippen LogP contribution >= 0.6 is 0 Å². The summed E-state index contributed by atoms with van der Waals surface area (Å²) in [6.45, 7) is 4.13. The lowest BCUT2D eigenvalue weighted by atomic mass is 9.74. The van der Waals surface area contributed by atoms with Gasteiger partial charge in [-0.15, -0.1) is 0 Å². The molecule has 0 bridgehead atoms. The molecule has 0 aromatic heterocycles. The van der Waals surface area contributed by atoms with E-state index in [-0.39, 0.29) is 6.42 Å². The second-order valence-corrected chi connectivity index (χ2v) is 6.91. The van der Waals surface area contributed by atoms with E-state index in [1.807, 2.05) is 24.3 Å². The number of oxime groups is 1. The average molecular weight is 385 g/mol. The van der Waals surface area contributed by atoms with Crippen molar-refractivity contribution in [2.24, 2.45) is 5.16 Å². The van der Waals surface area contributed by atoms with Crippen LogP contribution in [0.3, 0.4) is 0 Å². The van der Waals surface area contributed by atoms with Gasteiger partial charge in [-0.25, -0.2) is 0 Å². The van der Waals surface area contributed by atoms with Gasteiger partial charge >= 0.3 is 5.97 Å². The van der Waals surface area contributed by atoms with Crippen LogP contribution in [0.5, 0.6) is 23.0 Å². The monoisotopic (exact) mass is 385 g/mol. The lowest BCUT2D eigenvalue weighted by molar-refractivity contribution is -0.139. The number of nitrogens with zero attached hydrogens (tertiary/aromatic N) is 1. The number of ether oxygens (including phenoxy) is 4. The lowest BCUT2D eigenvalue weighted by Gasteiger charge is -2.36. The number of carbonyl (C=O) groups excluding carboxylic acids is 1. The molecule has 2 aromatic carbocycles. The van der Waals surface area contributed by atoms with E-state index in [9.17, 15) is 4.79 Å². The van der Waals surface area contributed by atoms with Crippen molar-refractivity contribution in [3.8, 4) is 23.0 Å². The number of hydrogen-bond donors (Lipinski definition) is 1. The van der Waals surface area contributed by atoms with Gasteiger partial charge in [-0.1, -0.05) is 31.1 Å². The molecule has 1 heterocycles. The van der Waals surface area contributed by atoms with Crippen LogP contribution in [0.15, 0.2) is 29.4 Å². The third kappa shape index (κ3) is 3.02. The molecule has 148 valence electrons. The van der Waals surface area contributed by atoms with Gasteiger partial charge in [0, 0.05) is 22.1 Å². The second-order valence-electron chi connectivity index (χ2n) is 6.91. The van der Waals surface area contributed by atoms with E-state index in [0.29, 0.717) is 34.1 Å². The number of hydrogen-bond acceptors (Lipinski definition) is 7. The van der Waals surface area contributed by atoms with Crippen molar-refractivity contribution in [2.75, 3.05) is 21.3 Å². The quantitative estimate of drug-likeness (QED) is 0.366. The molecule has 0 fully saturated rings. The topological polar surface area (TPSA) is 86.6 Å². The van der Waals surface area contributed by atoms with Crippen LogP contribution in [-0.2, 0) is 21.4 Å². The molecule has 0 saturated heterocycles. The lowest BCUT2D eigenvalue weighted by Crippen LogP contribution is -2.26. The Bertz CT molecular complexity index is 948. The van der Waals surface area contributed by atoms with Crippen molar-refractivity contribution in [3.05, 3.63) is 46.5 Å². The number of benzene rings is 2. The van der Waals surface area contributed by atoms with Gasteiger partial charge in [0.15, 0.2) is 0 Å². The maximum absolute atomic E-state index is 12.0. The Hall–Kier alpha value is -3.22. The van der Waals surface area contributed by atoms with Crippen LogP contribution in [0.25, 0.3) is 0 Å². The van der Waals surface area contributed by atoms with Crippen molar-refractivity contribution < 1.29 is 28.9 Å². The van der Waals surface area contributed by atoms with Crippen LogP contribution < -0.4 is 14.2 Å². The Morgan fingerprint density at radius 1 is 1.07 bits per heavy atom. The largest absolute Gasteiger partial charge is 0.496 e. The first kappa shape index (κ1) is 19.5. The minimum atomic E-state index is -0.440. The molecule has 0 aliphatic carbocycles. The van der Waals surface area contributed by atoms with Gasteiger partial charge in [-0.2, -0.15) is 0 Å². The SMILES string of the molecule is COC(=O)Cc1c(OC)ccc2c1Oc1c(ccc(OC)c1C=NO)C2(C)C. The molecule has 0 saturated carbocycles. The highest BCUT2D eigenvalue weighted by molar-refractivity contribution is 5.89. The molecule has 0 spiro atoms. The van der Waals surface area contributed by atoms with E-state index in [2.05, 4.69) is 19.0 Å². The molecule has 0 atom stereocenters. The molecule has 1 aliphatic rings. The van der Waals surface area contributed by atoms with Gasteiger partial charge in [-0.3, -0.25) is 4.79 Å². The van der Waals surface area contributed by atoms with Gasteiger partial charge < -0.3 is 24.2 Å². The minimum Gasteiger partial charge on any atom is -0.496 e. The highest BCUT2D eigenvalue weighted by Gasteiger charge is 2.38. The van der Waals surface area contributed by atoms with Crippen LogP contribution in [0.4, 0.5) is 0 Å². The molecular weight excluding hydrogens is 362 g/mol. The predicted molar refractivity (Wildman–Crippen MR) is 103 cm³/mol. The van der Waals surface area contributed by atoms with E-state index in [1.165, 1.54) is 27.5 Å². The summed E-state index contributed by atoms with van der Waals surface area (Å²) in [7, 11) is 4.41. The fourth-order valence-electron chi connectivity index (χ4n) is 3.58. The summed E-state index contributed by atoms with van der Waals surface area (Å²) in [5.74, 6) is 1.68. The number of carbonyl (C=O) groups is 1. The average Bonchev–Trinajstić information content (AvgIpc) is 2.69. The Balaban J connectivity index is 2.29. The first-order chi connectivity index (χ1) is 13.4. The van der Waals surface area contributed by atoms with Gasteiger partial charge in [0.1, 0.15) is 23.0 Å². The zero-order valence-electron chi connectivity index (χ0n) is 16.5. The number of fused-ring (bicyclic) bond motifs is 2. The first-order valence-corrected chi connectivity index (χ1v) is 8.72. The van der Waals surface area contributed by atoms with E-state index in [4.69, 9.17) is 24.2 Å². The highest BCUT2D eigenvalue weighted by Crippen LogP contribution is 2.53. The molecule has 1 aliphatic heterocycles. The van der Waals surface area contributed by atoms with Gasteiger partial charge in [-0.05, 0) is 12.1 Å². The summed E-state index contributed by atoms with van der Waals surface area (Å²) in [6, 6.07) is 7.50. The normalized spacial score (nSPS) is 14.0. The number of rotatable bonds is 5. The molecule has 2 aromatic rings. The maximum Gasteiger partial charge on any atom is 0.310 e. The molecule has 3 rings (SSSR count). The maximum atomic E-state index is 12.0. The summed E-state index contributed by atoms with van der Waals surface area (Å²) in [6.07, 6.45) is 1.28. The first-order valence-electron chi connectivity index (χ1n) is 8.72. The summed E-state index contributed by atoms with van der Waals surface area (Å²) in [4.78, 5) is 12.0. The van der Waals surface area contributed by atoms with Crippen LogP contribution in [0, 0.1) is 0 Å². The van der Waals surface area contributed by atoms with E-state index < -0.39 is 11.4 Å². The van der Waals surface area contributed by atoms with Gasteiger partial charge in [0.25, 0.3) is 0 Å². The van der Waals surface area contributed by atoms with Crippen molar-refractivity contribution in [2.45, 2.75) is 25.7 Å². The third-order valence-electron chi connectivity index (χ3n) is 5.10. The Morgan fingerprint density at radius 3 is 2.25 bits per heavy atom. The van der Waals surface area contributed by atoms with Crippen molar-refractivity contribution in [1.82, 2.24) is 0 Å². The van der Waals surface area contributed by atoms with E-state index >= 15 is 0 Å². The summed E-state index contributed by atoms with van der Waals surface area (Å²) in [5.41, 5.74) is 2.49. The third-order valence-corrected chi connectivity index (χ3v) is 5.10. The summed E-state index contributed by atoms with van der Waals surface area (Å²) >= 11 is 0. The smallest absolute Gasteiger partial charge is 0.310 e. The van der Waals surface area contributed by atoms with Crippen LogP contribution in [0.1, 0.15) is 36.1 Å². The predicted octanol–water partition coefficient (Wildman–Crippen LogP) is 3.66. The zero-order valence-corrected chi connectivity index (χ0v) is 16.5. The summed E-state index contributed by atoms with van der Waals surface area (Å²) < 4.78 is 22.0. The molecule has 7 nitrogen and oxygen atoms in total. The molecule has 0 unspecified atom stereocenters. The molecular formula is C21H23NO6. The highest BCUT2D eigenvalue weighted by atomic mass is 16.5. The standard InChI is InChI=1S/C21H23NO6/c1-21(2)14-6-8-16(25-3)12(10-18(23)27-5)19(14)28-20-13(11-22-24)17(26-4)9-7-15(20)21/h6-9,11,24H,10H2,1-5H3. The molecule has 0 amide bonds. The van der Waals surface area contributed by atoms with Crippen LogP contribution in [-0.4, -0.2) is 38.7 Å². The van der Waals surface area contributed by atoms with Crippen molar-refractivity contribution >= 4 is 12.2 Å². The molecule has 28 heavy (non-hydrogen) atoms. The summed E-state index contributed by atoms with van der Waals surface area (Å²) in [5, 5.41) is 12.3. The Labute approximate surface area is 163 Å². The second kappa shape index (κ2) is 7.42. The van der Waals surface area contributed by atoms with E-state index in [1.54, 1.807) is 0 Å². The molecule has 7 heteroatoms. The Morgan fingerprint density at radius 2 is 1.68 bits per heavy atom. The number of methoxy groups -OCH3 is 3. The van der Waals surface area contributed by atoms with Crippen molar-refractivity contribution in [1.29, 1.82) is 0 Å². The fraction of sp³-hybridized carbons (Fsp3) is 0.333. The fourth-order valence-corrected chi connectivity index (χ4v) is 3.58. The molecule has 0 radical (unpaired) electrons. The Kier molecular flexibility index (Phi) is 5.18. The minimum absolute atomic E-state index is 0.00164. The van der Waals surface area contributed by atoms with Crippen LogP contribution in [0.2, 0.25) is 0 Å². The number of esters is 1.